The van der Waals surface area contributed by atoms with Gasteiger partial charge in [0.2, 0.25) is 5.95 Å². The average Bonchev–Trinajstić information content (AvgIpc) is 2.52. The van der Waals surface area contributed by atoms with Crippen LogP contribution >= 0.6 is 0 Å². The number of aromatic nitrogens is 2. The SMILES string of the molecule is CC(=NOS(=O)(=O)c1ccc(C)cc1)c1cc(C)nc(NC(C)C)n1. The van der Waals surface area contributed by atoms with Crippen LogP contribution in [0.5, 0.6) is 0 Å². The van der Waals surface area contributed by atoms with Gasteiger partial charge < -0.3 is 5.32 Å². The number of benzene rings is 1. The van der Waals surface area contributed by atoms with Gasteiger partial charge in [-0.3, -0.25) is 4.28 Å². The number of aryl methyl sites for hydroxylation is 2. The third-order valence-electron chi connectivity index (χ3n) is 3.22. The van der Waals surface area contributed by atoms with Crippen LogP contribution in [0.2, 0.25) is 0 Å². The molecule has 1 N–H and O–H groups in total. The minimum Gasteiger partial charge on any atom is -0.352 e. The Morgan fingerprint density at radius 1 is 1.16 bits per heavy atom. The Hall–Kier alpha value is -2.48. The summed E-state index contributed by atoms with van der Waals surface area (Å²) in [5, 5.41) is 6.84. The van der Waals surface area contributed by atoms with E-state index in [2.05, 4.69) is 20.4 Å². The average molecular weight is 362 g/mol. The monoisotopic (exact) mass is 362 g/mol. The fraction of sp³-hybridized carbons (Fsp3) is 0.353. The van der Waals surface area contributed by atoms with Gasteiger partial charge in [0.15, 0.2) is 0 Å². The molecule has 0 bridgehead atoms. The molecule has 25 heavy (non-hydrogen) atoms. The minimum atomic E-state index is -3.97. The van der Waals surface area contributed by atoms with E-state index in [1.165, 1.54) is 12.1 Å². The number of hydrogen-bond donors (Lipinski definition) is 1. The van der Waals surface area contributed by atoms with Gasteiger partial charge in [-0.1, -0.05) is 22.9 Å². The molecule has 1 aromatic carbocycles. The van der Waals surface area contributed by atoms with Gasteiger partial charge in [0.1, 0.15) is 10.6 Å². The third kappa shape index (κ3) is 5.25. The van der Waals surface area contributed by atoms with E-state index >= 15 is 0 Å². The number of rotatable bonds is 6. The standard InChI is InChI=1S/C17H22N4O3S/c1-11(2)18-17-19-13(4)10-16(20-17)14(5)21-24-25(22,23)15-8-6-12(3)7-9-15/h6-11H,1-5H3,(H,18,19,20). The molecule has 0 atom stereocenters. The number of nitrogens with zero attached hydrogens (tertiary/aromatic N) is 3. The van der Waals surface area contributed by atoms with Crippen LogP contribution in [0.25, 0.3) is 0 Å². The predicted molar refractivity (Wildman–Crippen MR) is 97.2 cm³/mol. The molecule has 8 heteroatoms. The molecular weight excluding hydrogens is 340 g/mol. The first-order valence-electron chi connectivity index (χ1n) is 7.85. The van der Waals surface area contributed by atoms with E-state index in [1.54, 1.807) is 25.1 Å². The van der Waals surface area contributed by atoms with Crippen LogP contribution in [0.15, 0.2) is 40.4 Å². The largest absolute Gasteiger partial charge is 0.358 e. The van der Waals surface area contributed by atoms with Crippen molar-refractivity contribution in [3.63, 3.8) is 0 Å². The lowest BCUT2D eigenvalue weighted by atomic mass is 10.2. The highest BCUT2D eigenvalue weighted by molar-refractivity contribution is 7.86. The van der Waals surface area contributed by atoms with Crippen LogP contribution in [0.4, 0.5) is 5.95 Å². The quantitative estimate of drug-likeness (QED) is 0.627. The van der Waals surface area contributed by atoms with E-state index < -0.39 is 10.1 Å². The molecule has 0 radical (unpaired) electrons. The zero-order valence-electron chi connectivity index (χ0n) is 14.9. The maximum absolute atomic E-state index is 12.2. The van der Waals surface area contributed by atoms with Crippen molar-refractivity contribution in [2.45, 2.75) is 45.6 Å². The molecule has 0 aliphatic rings. The van der Waals surface area contributed by atoms with Crippen molar-refractivity contribution in [3.05, 3.63) is 47.3 Å². The number of nitrogens with one attached hydrogen (secondary N) is 1. The molecule has 2 aromatic rings. The minimum absolute atomic E-state index is 0.0516. The predicted octanol–water partition coefficient (Wildman–Crippen LogP) is 3.04. The summed E-state index contributed by atoms with van der Waals surface area (Å²) in [6.07, 6.45) is 0. The van der Waals surface area contributed by atoms with Crippen molar-refractivity contribution >= 4 is 21.8 Å². The van der Waals surface area contributed by atoms with Crippen molar-refractivity contribution in [3.8, 4) is 0 Å². The first kappa shape index (κ1) is 18.9. The van der Waals surface area contributed by atoms with Gasteiger partial charge >= 0.3 is 10.1 Å². The summed E-state index contributed by atoms with van der Waals surface area (Å²) >= 11 is 0. The molecule has 0 fully saturated rings. The van der Waals surface area contributed by atoms with E-state index in [-0.39, 0.29) is 10.9 Å². The number of oxime groups is 1. The Bertz CT molecular complexity index is 875. The van der Waals surface area contributed by atoms with Gasteiger partial charge in [-0.05, 0) is 52.8 Å². The van der Waals surface area contributed by atoms with E-state index in [0.717, 1.165) is 11.3 Å². The fourth-order valence-corrected chi connectivity index (χ4v) is 2.74. The highest BCUT2D eigenvalue weighted by Crippen LogP contribution is 2.14. The molecular formula is C17H22N4O3S. The second kappa shape index (κ2) is 7.60. The Morgan fingerprint density at radius 2 is 1.80 bits per heavy atom. The molecule has 0 unspecified atom stereocenters. The van der Waals surface area contributed by atoms with Crippen molar-refractivity contribution in [1.82, 2.24) is 9.97 Å². The summed E-state index contributed by atoms with van der Waals surface area (Å²) in [6.45, 7) is 9.28. The third-order valence-corrected chi connectivity index (χ3v) is 4.34. The Kier molecular flexibility index (Phi) is 5.73. The number of anilines is 1. The molecule has 0 aliphatic heterocycles. The normalized spacial score (nSPS) is 12.3. The summed E-state index contributed by atoms with van der Waals surface area (Å²) in [5.41, 5.74) is 2.53. The first-order valence-corrected chi connectivity index (χ1v) is 9.26. The lowest BCUT2D eigenvalue weighted by Crippen LogP contribution is -2.15. The Labute approximate surface area is 148 Å². The highest BCUT2D eigenvalue weighted by Gasteiger charge is 2.16. The van der Waals surface area contributed by atoms with E-state index in [0.29, 0.717) is 17.4 Å². The summed E-state index contributed by atoms with van der Waals surface area (Å²) < 4.78 is 29.2. The van der Waals surface area contributed by atoms with Crippen LogP contribution < -0.4 is 5.32 Å². The van der Waals surface area contributed by atoms with E-state index in [9.17, 15) is 8.42 Å². The topological polar surface area (TPSA) is 93.5 Å². The zero-order chi connectivity index (χ0) is 18.6. The highest BCUT2D eigenvalue weighted by atomic mass is 32.2. The maximum Gasteiger partial charge on any atom is 0.358 e. The molecule has 134 valence electrons. The van der Waals surface area contributed by atoms with Crippen LogP contribution in [0, 0.1) is 13.8 Å². The summed E-state index contributed by atoms with van der Waals surface area (Å²) in [5.74, 6) is 0.459. The van der Waals surface area contributed by atoms with Crippen molar-refractivity contribution in [1.29, 1.82) is 0 Å². The van der Waals surface area contributed by atoms with Crippen molar-refractivity contribution < 1.29 is 12.7 Å². The van der Waals surface area contributed by atoms with Gasteiger partial charge in [-0.15, -0.1) is 0 Å². The fourth-order valence-electron chi connectivity index (χ4n) is 1.98. The smallest absolute Gasteiger partial charge is 0.352 e. The second-order valence-corrected chi connectivity index (χ2v) is 7.56. The molecule has 2 rings (SSSR count). The molecule has 1 aromatic heterocycles. The van der Waals surface area contributed by atoms with Crippen LogP contribution in [0.3, 0.4) is 0 Å². The zero-order valence-corrected chi connectivity index (χ0v) is 15.8. The summed E-state index contributed by atoms with van der Waals surface area (Å²) in [6, 6.07) is 8.25. The van der Waals surface area contributed by atoms with Crippen molar-refractivity contribution in [2.75, 3.05) is 5.32 Å². The number of hydrogen-bond acceptors (Lipinski definition) is 7. The van der Waals surface area contributed by atoms with Gasteiger partial charge in [-0.2, -0.15) is 8.42 Å². The molecule has 0 spiro atoms. The van der Waals surface area contributed by atoms with Gasteiger partial charge in [-0.25, -0.2) is 9.97 Å². The van der Waals surface area contributed by atoms with E-state index in [1.807, 2.05) is 27.7 Å². The summed E-state index contributed by atoms with van der Waals surface area (Å²) in [7, 11) is -3.97. The molecule has 0 saturated heterocycles. The van der Waals surface area contributed by atoms with Crippen LogP contribution in [0.1, 0.15) is 37.7 Å². The van der Waals surface area contributed by atoms with Crippen LogP contribution in [-0.2, 0) is 14.4 Å². The maximum atomic E-state index is 12.2. The Balaban J connectivity index is 2.23. The molecule has 0 aliphatic carbocycles. The van der Waals surface area contributed by atoms with Gasteiger partial charge in [0.25, 0.3) is 0 Å². The lowest BCUT2D eigenvalue weighted by molar-refractivity contribution is 0.338. The molecule has 7 nitrogen and oxygen atoms in total. The molecule has 1 heterocycles. The van der Waals surface area contributed by atoms with Gasteiger partial charge in [0.05, 0.1) is 5.69 Å². The second-order valence-electron chi connectivity index (χ2n) is 6.04. The first-order chi connectivity index (χ1) is 11.7. The summed E-state index contributed by atoms with van der Waals surface area (Å²) in [4.78, 5) is 8.67. The molecule has 0 saturated carbocycles. The Morgan fingerprint density at radius 3 is 2.40 bits per heavy atom. The molecule has 0 amide bonds. The van der Waals surface area contributed by atoms with Crippen LogP contribution in [-0.4, -0.2) is 30.1 Å². The van der Waals surface area contributed by atoms with E-state index in [4.69, 9.17) is 4.28 Å². The van der Waals surface area contributed by atoms with Crippen molar-refractivity contribution in [2.24, 2.45) is 5.16 Å². The lowest BCUT2D eigenvalue weighted by Gasteiger charge is -2.10. The van der Waals surface area contributed by atoms with Gasteiger partial charge in [0, 0.05) is 11.7 Å².